The van der Waals surface area contributed by atoms with E-state index >= 15 is 0 Å². The molecule has 18 heavy (non-hydrogen) atoms. The third kappa shape index (κ3) is 2.88. The third-order valence-corrected chi connectivity index (χ3v) is 3.38. The van der Waals surface area contributed by atoms with E-state index in [9.17, 15) is 4.79 Å². The molecule has 4 nitrogen and oxygen atoms in total. The third-order valence-electron chi connectivity index (χ3n) is 3.38. The van der Waals surface area contributed by atoms with Gasteiger partial charge in [0.05, 0.1) is 17.6 Å². The van der Waals surface area contributed by atoms with E-state index in [-0.39, 0.29) is 17.9 Å². The van der Waals surface area contributed by atoms with Crippen molar-refractivity contribution in [2.45, 2.75) is 25.9 Å². The molecule has 1 heterocycles. The number of benzene rings is 1. The van der Waals surface area contributed by atoms with Crippen molar-refractivity contribution in [1.82, 2.24) is 10.6 Å². The summed E-state index contributed by atoms with van der Waals surface area (Å²) < 4.78 is 0. The maximum absolute atomic E-state index is 12.0. The summed E-state index contributed by atoms with van der Waals surface area (Å²) in [4.78, 5) is 12.0. The largest absolute Gasteiger partial charge is 0.352 e. The van der Waals surface area contributed by atoms with Crippen molar-refractivity contribution in [3.8, 4) is 6.07 Å². The first kappa shape index (κ1) is 12.6. The summed E-state index contributed by atoms with van der Waals surface area (Å²) in [6.07, 6.45) is 0.894. The zero-order valence-corrected chi connectivity index (χ0v) is 10.4. The van der Waals surface area contributed by atoms with E-state index in [0.717, 1.165) is 18.5 Å². The van der Waals surface area contributed by atoms with Crippen LogP contribution in [0.2, 0.25) is 0 Å². The van der Waals surface area contributed by atoms with Crippen LogP contribution in [0.3, 0.4) is 0 Å². The van der Waals surface area contributed by atoms with E-state index in [1.807, 2.05) is 19.1 Å². The van der Waals surface area contributed by atoms with Gasteiger partial charge >= 0.3 is 0 Å². The minimum atomic E-state index is 0.0594. The van der Waals surface area contributed by atoms with Crippen LogP contribution in [-0.4, -0.2) is 18.5 Å². The van der Waals surface area contributed by atoms with Gasteiger partial charge in [0.15, 0.2) is 0 Å². The normalized spacial score (nSPS) is 22.4. The number of hydrogen-bond acceptors (Lipinski definition) is 3. The lowest BCUT2D eigenvalue weighted by molar-refractivity contribution is -0.125. The van der Waals surface area contributed by atoms with Crippen molar-refractivity contribution in [2.75, 3.05) is 6.54 Å². The Morgan fingerprint density at radius 3 is 3.11 bits per heavy atom. The van der Waals surface area contributed by atoms with Crippen molar-refractivity contribution < 1.29 is 4.79 Å². The summed E-state index contributed by atoms with van der Waals surface area (Å²) in [6.45, 7) is 3.42. The molecule has 0 saturated carbocycles. The second-order valence-electron chi connectivity index (χ2n) is 4.67. The molecular weight excluding hydrogens is 226 g/mol. The SMILES string of the molecule is CC1NCCC1C(=O)NCc1cccc(C#N)c1. The lowest BCUT2D eigenvalue weighted by atomic mass is 10.0. The molecule has 1 fully saturated rings. The molecule has 2 atom stereocenters. The highest BCUT2D eigenvalue weighted by Gasteiger charge is 2.28. The molecule has 94 valence electrons. The maximum atomic E-state index is 12.0. The van der Waals surface area contributed by atoms with Crippen molar-refractivity contribution in [2.24, 2.45) is 5.92 Å². The second kappa shape index (κ2) is 5.65. The maximum Gasteiger partial charge on any atom is 0.224 e. The van der Waals surface area contributed by atoms with E-state index in [1.165, 1.54) is 0 Å². The second-order valence-corrected chi connectivity index (χ2v) is 4.67. The van der Waals surface area contributed by atoms with Gasteiger partial charge in [-0.3, -0.25) is 4.79 Å². The van der Waals surface area contributed by atoms with Crippen LogP contribution in [0.4, 0.5) is 0 Å². The monoisotopic (exact) mass is 243 g/mol. The molecule has 1 aliphatic rings. The number of hydrogen-bond donors (Lipinski definition) is 2. The molecule has 0 spiro atoms. The average molecular weight is 243 g/mol. The van der Waals surface area contributed by atoms with Crippen LogP contribution in [0.25, 0.3) is 0 Å². The van der Waals surface area contributed by atoms with Gasteiger partial charge in [0.25, 0.3) is 0 Å². The van der Waals surface area contributed by atoms with Gasteiger partial charge in [-0.05, 0) is 37.6 Å². The number of nitriles is 1. The zero-order valence-electron chi connectivity index (χ0n) is 10.4. The Bertz CT molecular complexity index is 478. The number of carbonyl (C=O) groups excluding carboxylic acids is 1. The van der Waals surface area contributed by atoms with E-state index in [1.54, 1.807) is 12.1 Å². The highest BCUT2D eigenvalue weighted by atomic mass is 16.1. The lowest BCUT2D eigenvalue weighted by Crippen LogP contribution is -2.36. The van der Waals surface area contributed by atoms with E-state index in [0.29, 0.717) is 12.1 Å². The number of amides is 1. The van der Waals surface area contributed by atoms with Gasteiger partial charge in [-0.15, -0.1) is 0 Å². The highest BCUT2D eigenvalue weighted by molar-refractivity contribution is 5.79. The van der Waals surface area contributed by atoms with Crippen LogP contribution in [-0.2, 0) is 11.3 Å². The zero-order chi connectivity index (χ0) is 13.0. The first-order valence-corrected chi connectivity index (χ1v) is 6.21. The molecule has 2 N–H and O–H groups in total. The first-order chi connectivity index (χ1) is 8.70. The fraction of sp³-hybridized carbons (Fsp3) is 0.429. The summed E-state index contributed by atoms with van der Waals surface area (Å²) in [5.41, 5.74) is 1.58. The predicted octanol–water partition coefficient (Wildman–Crippen LogP) is 1.17. The molecule has 4 heteroatoms. The number of nitrogens with zero attached hydrogens (tertiary/aromatic N) is 1. The lowest BCUT2D eigenvalue weighted by Gasteiger charge is -2.14. The van der Waals surface area contributed by atoms with Crippen molar-refractivity contribution in [3.63, 3.8) is 0 Å². The summed E-state index contributed by atoms with van der Waals surface area (Å²) >= 11 is 0. The molecule has 0 aliphatic carbocycles. The highest BCUT2D eigenvalue weighted by Crippen LogP contribution is 2.15. The van der Waals surface area contributed by atoms with Gasteiger partial charge in [-0.25, -0.2) is 0 Å². The van der Waals surface area contributed by atoms with Gasteiger partial charge in [0, 0.05) is 12.6 Å². The van der Waals surface area contributed by atoms with Crippen molar-refractivity contribution >= 4 is 5.91 Å². The summed E-state index contributed by atoms with van der Waals surface area (Å²) in [5, 5.41) is 15.0. The Balaban J connectivity index is 1.91. The molecule has 0 radical (unpaired) electrons. The van der Waals surface area contributed by atoms with Crippen LogP contribution >= 0.6 is 0 Å². The molecule has 1 aliphatic heterocycles. The molecule has 1 amide bonds. The first-order valence-electron chi connectivity index (χ1n) is 6.21. The molecule has 2 rings (SSSR count). The Morgan fingerprint density at radius 2 is 2.44 bits per heavy atom. The fourth-order valence-electron chi connectivity index (χ4n) is 2.29. The topological polar surface area (TPSA) is 64.9 Å². The number of carbonyl (C=O) groups is 1. The van der Waals surface area contributed by atoms with Crippen LogP contribution < -0.4 is 10.6 Å². The predicted molar refractivity (Wildman–Crippen MR) is 68.6 cm³/mol. The fourth-order valence-corrected chi connectivity index (χ4v) is 2.29. The van der Waals surface area contributed by atoms with Crippen LogP contribution in [0.15, 0.2) is 24.3 Å². The van der Waals surface area contributed by atoms with E-state index in [4.69, 9.17) is 5.26 Å². The average Bonchev–Trinajstić information content (AvgIpc) is 2.82. The van der Waals surface area contributed by atoms with Gasteiger partial charge < -0.3 is 10.6 Å². The van der Waals surface area contributed by atoms with Gasteiger partial charge in [0.2, 0.25) is 5.91 Å². The van der Waals surface area contributed by atoms with Crippen molar-refractivity contribution in [1.29, 1.82) is 5.26 Å². The Labute approximate surface area is 107 Å². The Hall–Kier alpha value is -1.86. The van der Waals surface area contributed by atoms with Crippen LogP contribution in [0.5, 0.6) is 0 Å². The Kier molecular flexibility index (Phi) is 3.96. The smallest absolute Gasteiger partial charge is 0.224 e. The molecule has 1 aromatic carbocycles. The van der Waals surface area contributed by atoms with Crippen LogP contribution in [0, 0.1) is 17.2 Å². The summed E-state index contributed by atoms with van der Waals surface area (Å²) in [5.74, 6) is 0.152. The molecule has 0 bridgehead atoms. The number of nitrogens with one attached hydrogen (secondary N) is 2. The van der Waals surface area contributed by atoms with Crippen molar-refractivity contribution in [3.05, 3.63) is 35.4 Å². The Morgan fingerprint density at radius 1 is 1.61 bits per heavy atom. The minimum absolute atomic E-state index is 0.0594. The van der Waals surface area contributed by atoms with E-state index < -0.39 is 0 Å². The molecule has 1 aromatic rings. The minimum Gasteiger partial charge on any atom is -0.352 e. The molecular formula is C14H17N3O. The van der Waals surface area contributed by atoms with Gasteiger partial charge in [-0.1, -0.05) is 12.1 Å². The molecule has 2 unspecified atom stereocenters. The quantitative estimate of drug-likeness (QED) is 0.837. The number of rotatable bonds is 3. The van der Waals surface area contributed by atoms with E-state index in [2.05, 4.69) is 16.7 Å². The molecule has 0 aromatic heterocycles. The molecule has 1 saturated heterocycles. The van der Waals surface area contributed by atoms with Crippen LogP contribution in [0.1, 0.15) is 24.5 Å². The standard InChI is InChI=1S/C14H17N3O/c1-10-13(5-6-16-10)14(18)17-9-12-4-2-3-11(7-12)8-15/h2-4,7,10,13,16H,5-6,9H2,1H3,(H,17,18). The van der Waals surface area contributed by atoms with Gasteiger partial charge in [-0.2, -0.15) is 5.26 Å². The summed E-state index contributed by atoms with van der Waals surface area (Å²) in [6, 6.07) is 9.65. The van der Waals surface area contributed by atoms with Gasteiger partial charge in [0.1, 0.15) is 0 Å². The summed E-state index contributed by atoms with van der Waals surface area (Å²) in [7, 11) is 0.